The van der Waals surface area contributed by atoms with Gasteiger partial charge in [0.05, 0.1) is 30.9 Å². The Balaban J connectivity index is 1.65. The molecule has 1 fully saturated rings. The number of piperidine rings is 1. The van der Waals surface area contributed by atoms with Crippen molar-refractivity contribution in [3.8, 4) is 11.4 Å². The van der Waals surface area contributed by atoms with Crippen LogP contribution >= 0.6 is 0 Å². The van der Waals surface area contributed by atoms with Crippen LogP contribution in [0.2, 0.25) is 0 Å². The highest BCUT2D eigenvalue weighted by Crippen LogP contribution is 2.21. The predicted octanol–water partition coefficient (Wildman–Crippen LogP) is 1.45. The van der Waals surface area contributed by atoms with Crippen LogP contribution in [0, 0.1) is 0 Å². The number of nitrogens with one attached hydrogen (secondary N) is 2. The van der Waals surface area contributed by atoms with Gasteiger partial charge in [-0.3, -0.25) is 9.38 Å². The summed E-state index contributed by atoms with van der Waals surface area (Å²) in [6.45, 7) is 2.02. The first-order valence-corrected chi connectivity index (χ1v) is 8.20. The van der Waals surface area contributed by atoms with E-state index in [1.54, 1.807) is 18.6 Å². The Bertz CT molecular complexity index is 840. The second-order valence-electron chi connectivity index (χ2n) is 6.04. The highest BCUT2D eigenvalue weighted by molar-refractivity contribution is 5.61. The van der Waals surface area contributed by atoms with E-state index in [0.717, 1.165) is 47.9 Å². The van der Waals surface area contributed by atoms with E-state index in [9.17, 15) is 5.11 Å². The number of aliphatic hydroxyl groups is 1. The standard InChI is InChI=1S/C17H20N6O/c24-11-12-3-4-17-20-8-15(23(17)10-12)14-7-19-9-16(22-14)21-13-2-1-5-18-6-13/h3-4,7-10,13,18,24H,1-2,5-6,11H2,(H,21,22). The third kappa shape index (κ3) is 2.95. The maximum atomic E-state index is 9.34. The third-order valence-electron chi connectivity index (χ3n) is 4.30. The van der Waals surface area contributed by atoms with Gasteiger partial charge in [0.25, 0.3) is 0 Å². The van der Waals surface area contributed by atoms with Gasteiger partial charge >= 0.3 is 0 Å². The number of aliphatic hydroxyl groups excluding tert-OH is 1. The molecule has 3 N–H and O–H groups in total. The minimum atomic E-state index is -0.00445. The Kier molecular flexibility index (Phi) is 4.10. The fourth-order valence-electron chi connectivity index (χ4n) is 3.05. The molecule has 0 radical (unpaired) electrons. The van der Waals surface area contributed by atoms with Crippen molar-refractivity contribution in [3.05, 3.63) is 42.5 Å². The molecule has 1 aliphatic rings. The summed E-state index contributed by atoms with van der Waals surface area (Å²) in [5.41, 5.74) is 3.26. The van der Waals surface area contributed by atoms with Crippen molar-refractivity contribution in [3.63, 3.8) is 0 Å². The third-order valence-corrected chi connectivity index (χ3v) is 4.30. The molecule has 3 aromatic heterocycles. The van der Waals surface area contributed by atoms with E-state index < -0.39 is 0 Å². The Morgan fingerprint density at radius 2 is 2.25 bits per heavy atom. The summed E-state index contributed by atoms with van der Waals surface area (Å²) in [5, 5.41) is 16.2. The fourth-order valence-corrected chi connectivity index (χ4v) is 3.05. The van der Waals surface area contributed by atoms with Crippen molar-refractivity contribution in [1.82, 2.24) is 24.7 Å². The molecule has 1 aliphatic heterocycles. The zero-order valence-electron chi connectivity index (χ0n) is 13.3. The molecule has 0 aliphatic carbocycles. The van der Waals surface area contributed by atoms with Crippen LogP contribution in [0.25, 0.3) is 17.0 Å². The number of nitrogens with zero attached hydrogens (tertiary/aromatic N) is 4. The first-order valence-electron chi connectivity index (χ1n) is 8.20. The molecular formula is C17H20N6O. The molecule has 0 aromatic carbocycles. The van der Waals surface area contributed by atoms with Gasteiger partial charge in [-0.05, 0) is 31.0 Å². The summed E-state index contributed by atoms with van der Waals surface area (Å²) in [4.78, 5) is 13.4. The van der Waals surface area contributed by atoms with Gasteiger partial charge in [0, 0.05) is 18.8 Å². The number of hydrogen-bond acceptors (Lipinski definition) is 6. The van der Waals surface area contributed by atoms with Crippen LogP contribution in [0.15, 0.2) is 36.9 Å². The van der Waals surface area contributed by atoms with E-state index in [-0.39, 0.29) is 6.61 Å². The summed E-state index contributed by atoms with van der Waals surface area (Å²) >= 11 is 0. The number of pyridine rings is 1. The number of rotatable bonds is 4. The van der Waals surface area contributed by atoms with Crippen molar-refractivity contribution < 1.29 is 5.11 Å². The SMILES string of the molecule is OCc1ccc2ncc(-c3cncc(NC4CCCNC4)n3)n2c1. The molecule has 0 bridgehead atoms. The first-order chi connectivity index (χ1) is 11.8. The largest absolute Gasteiger partial charge is 0.392 e. The van der Waals surface area contributed by atoms with Gasteiger partial charge in [0.1, 0.15) is 17.2 Å². The van der Waals surface area contributed by atoms with E-state index in [4.69, 9.17) is 4.98 Å². The number of fused-ring (bicyclic) bond motifs is 1. The summed E-state index contributed by atoms with van der Waals surface area (Å²) in [6.07, 6.45) is 9.45. The second-order valence-corrected chi connectivity index (χ2v) is 6.04. The average Bonchev–Trinajstić information content (AvgIpc) is 3.06. The lowest BCUT2D eigenvalue weighted by atomic mass is 10.1. The zero-order chi connectivity index (χ0) is 16.4. The van der Waals surface area contributed by atoms with E-state index >= 15 is 0 Å². The van der Waals surface area contributed by atoms with Crippen LogP contribution in [-0.2, 0) is 6.61 Å². The molecule has 3 aromatic rings. The molecule has 1 saturated heterocycles. The van der Waals surface area contributed by atoms with Gasteiger partial charge in [-0.25, -0.2) is 9.97 Å². The van der Waals surface area contributed by atoms with Gasteiger partial charge in [0.2, 0.25) is 0 Å². The molecule has 0 amide bonds. The van der Waals surface area contributed by atoms with Gasteiger partial charge in [-0.1, -0.05) is 6.07 Å². The highest BCUT2D eigenvalue weighted by atomic mass is 16.3. The van der Waals surface area contributed by atoms with E-state index in [0.29, 0.717) is 6.04 Å². The predicted molar refractivity (Wildman–Crippen MR) is 91.7 cm³/mol. The van der Waals surface area contributed by atoms with Gasteiger partial charge in [-0.15, -0.1) is 0 Å². The Labute approximate surface area is 139 Å². The van der Waals surface area contributed by atoms with Crippen LogP contribution in [0.5, 0.6) is 0 Å². The molecule has 24 heavy (non-hydrogen) atoms. The lowest BCUT2D eigenvalue weighted by Gasteiger charge is -2.24. The maximum absolute atomic E-state index is 9.34. The molecule has 4 heterocycles. The molecule has 1 atom stereocenters. The topological polar surface area (TPSA) is 87.4 Å². The normalized spacial score (nSPS) is 18.0. The van der Waals surface area contributed by atoms with E-state index in [1.807, 2.05) is 22.7 Å². The maximum Gasteiger partial charge on any atom is 0.145 e. The molecule has 7 nitrogen and oxygen atoms in total. The Hall–Kier alpha value is -2.51. The lowest BCUT2D eigenvalue weighted by molar-refractivity contribution is 0.281. The van der Waals surface area contributed by atoms with E-state index in [2.05, 4.69) is 20.6 Å². The molecule has 7 heteroatoms. The monoisotopic (exact) mass is 324 g/mol. The van der Waals surface area contributed by atoms with Gasteiger partial charge in [0.15, 0.2) is 0 Å². The number of imidazole rings is 1. The minimum Gasteiger partial charge on any atom is -0.392 e. The fraction of sp³-hybridized carbons (Fsp3) is 0.353. The zero-order valence-corrected chi connectivity index (χ0v) is 13.3. The van der Waals surface area contributed by atoms with Crippen LogP contribution in [0.4, 0.5) is 5.82 Å². The minimum absolute atomic E-state index is 0.00445. The van der Waals surface area contributed by atoms with Crippen LogP contribution in [0.1, 0.15) is 18.4 Å². The molecule has 4 rings (SSSR count). The van der Waals surface area contributed by atoms with Crippen molar-refractivity contribution in [2.45, 2.75) is 25.5 Å². The van der Waals surface area contributed by atoms with Gasteiger partial charge in [-0.2, -0.15) is 0 Å². The van der Waals surface area contributed by atoms with Crippen molar-refractivity contribution >= 4 is 11.5 Å². The lowest BCUT2D eigenvalue weighted by Crippen LogP contribution is -2.38. The van der Waals surface area contributed by atoms with Crippen molar-refractivity contribution in [1.29, 1.82) is 0 Å². The number of aromatic nitrogens is 4. The highest BCUT2D eigenvalue weighted by Gasteiger charge is 2.14. The molecular weight excluding hydrogens is 304 g/mol. The number of hydrogen-bond donors (Lipinski definition) is 3. The second kappa shape index (κ2) is 6.54. The summed E-state index contributed by atoms with van der Waals surface area (Å²) < 4.78 is 1.93. The van der Waals surface area contributed by atoms with E-state index in [1.165, 1.54) is 6.42 Å². The summed E-state index contributed by atoms with van der Waals surface area (Å²) in [5.74, 6) is 0.773. The van der Waals surface area contributed by atoms with Crippen LogP contribution in [0.3, 0.4) is 0 Å². The van der Waals surface area contributed by atoms with Crippen molar-refractivity contribution in [2.24, 2.45) is 0 Å². The van der Waals surface area contributed by atoms with Crippen molar-refractivity contribution in [2.75, 3.05) is 18.4 Å². The molecule has 0 saturated carbocycles. The summed E-state index contributed by atoms with van der Waals surface area (Å²) in [6, 6.07) is 4.14. The first kappa shape index (κ1) is 15.0. The molecule has 0 spiro atoms. The smallest absolute Gasteiger partial charge is 0.145 e. The molecule has 124 valence electrons. The van der Waals surface area contributed by atoms with Gasteiger partial charge < -0.3 is 15.7 Å². The quantitative estimate of drug-likeness (QED) is 0.673. The Morgan fingerprint density at radius 1 is 1.29 bits per heavy atom. The number of anilines is 1. The van der Waals surface area contributed by atoms with Crippen LogP contribution < -0.4 is 10.6 Å². The summed E-state index contributed by atoms with van der Waals surface area (Å²) in [7, 11) is 0. The molecule has 1 unspecified atom stereocenters. The average molecular weight is 324 g/mol. The Morgan fingerprint density at radius 3 is 3.08 bits per heavy atom. The van der Waals surface area contributed by atoms with Crippen LogP contribution in [-0.4, -0.2) is 43.6 Å².